The van der Waals surface area contributed by atoms with E-state index in [1.165, 1.54) is 19.2 Å². The molecule has 1 unspecified atom stereocenters. The number of nitrogens with zero attached hydrogens (tertiary/aromatic N) is 1. The van der Waals surface area contributed by atoms with Crippen LogP contribution in [0.1, 0.15) is 12.8 Å². The molecule has 0 radical (unpaired) electrons. The molecule has 0 aliphatic carbocycles. The molecule has 0 aromatic rings. The summed E-state index contributed by atoms with van der Waals surface area (Å²) in [5.74, 6) is 0.782. The third-order valence-corrected chi connectivity index (χ3v) is 2.69. The molecule has 2 fully saturated rings. The van der Waals surface area contributed by atoms with Crippen LogP contribution in [0.25, 0.3) is 0 Å². The molecular formula is C8H14N2O. The zero-order valence-electron chi connectivity index (χ0n) is 6.62. The van der Waals surface area contributed by atoms with E-state index in [4.69, 9.17) is 10.1 Å². The van der Waals surface area contributed by atoms with Gasteiger partial charge in [0, 0.05) is 13.2 Å². The van der Waals surface area contributed by atoms with Crippen LogP contribution >= 0.6 is 0 Å². The molecule has 3 nitrogen and oxygen atoms in total. The van der Waals surface area contributed by atoms with Crippen molar-refractivity contribution in [3.63, 3.8) is 0 Å². The van der Waals surface area contributed by atoms with Gasteiger partial charge in [0.2, 0.25) is 0 Å². The van der Waals surface area contributed by atoms with Gasteiger partial charge in [-0.2, -0.15) is 0 Å². The molecule has 11 heavy (non-hydrogen) atoms. The molecule has 62 valence electrons. The minimum atomic E-state index is 0.500. The molecule has 0 spiro atoms. The maximum Gasteiger partial charge on any atom is 0.0820 e. The Labute approximate surface area is 66.8 Å². The van der Waals surface area contributed by atoms with E-state index in [9.17, 15) is 0 Å². The Kier molecular flexibility index (Phi) is 1.82. The normalized spacial score (nSPS) is 36.9. The third-order valence-electron chi connectivity index (χ3n) is 2.69. The molecular weight excluding hydrogens is 140 g/mol. The van der Waals surface area contributed by atoms with Crippen molar-refractivity contribution >= 4 is 6.34 Å². The van der Waals surface area contributed by atoms with Gasteiger partial charge < -0.3 is 9.64 Å². The second-order valence-corrected chi connectivity index (χ2v) is 3.45. The van der Waals surface area contributed by atoms with Crippen LogP contribution in [0, 0.1) is 11.3 Å². The quantitative estimate of drug-likeness (QED) is 0.446. The number of nitrogens with one attached hydrogen (secondary N) is 1. The molecule has 3 heteroatoms. The Morgan fingerprint density at radius 2 is 2.45 bits per heavy atom. The number of hydrogen-bond acceptors (Lipinski definition) is 2. The highest BCUT2D eigenvalue weighted by molar-refractivity contribution is 5.52. The first-order valence-electron chi connectivity index (χ1n) is 4.24. The lowest BCUT2D eigenvalue weighted by atomic mass is 10.0. The SMILES string of the molecule is N=CN1CC2CCOC[C@@H]1C2. The van der Waals surface area contributed by atoms with Gasteiger partial charge in [-0.15, -0.1) is 0 Å². The van der Waals surface area contributed by atoms with E-state index in [0.717, 1.165) is 25.7 Å². The average molecular weight is 154 g/mol. The monoisotopic (exact) mass is 154 g/mol. The minimum absolute atomic E-state index is 0.500. The topological polar surface area (TPSA) is 36.3 Å². The number of likely N-dealkylation sites (tertiary alicyclic amines) is 1. The highest BCUT2D eigenvalue weighted by atomic mass is 16.5. The zero-order valence-corrected chi connectivity index (χ0v) is 6.62. The van der Waals surface area contributed by atoms with Crippen LogP contribution in [0.2, 0.25) is 0 Å². The van der Waals surface area contributed by atoms with Crippen LogP contribution in [0.4, 0.5) is 0 Å². The van der Waals surface area contributed by atoms with Gasteiger partial charge in [0.05, 0.1) is 19.0 Å². The van der Waals surface area contributed by atoms with Crippen LogP contribution in [0.5, 0.6) is 0 Å². The fourth-order valence-corrected chi connectivity index (χ4v) is 2.04. The molecule has 0 amide bonds. The highest BCUT2D eigenvalue weighted by Crippen LogP contribution is 2.27. The molecule has 2 saturated heterocycles. The van der Waals surface area contributed by atoms with Gasteiger partial charge in [0.1, 0.15) is 0 Å². The molecule has 2 aliphatic rings. The number of rotatable bonds is 1. The van der Waals surface area contributed by atoms with Crippen molar-refractivity contribution in [1.82, 2.24) is 4.90 Å². The molecule has 0 aromatic carbocycles. The lowest BCUT2D eigenvalue weighted by Gasteiger charge is -2.21. The Morgan fingerprint density at radius 3 is 3.27 bits per heavy atom. The molecule has 2 atom stereocenters. The summed E-state index contributed by atoms with van der Waals surface area (Å²) < 4.78 is 5.42. The van der Waals surface area contributed by atoms with Crippen molar-refractivity contribution in [3.05, 3.63) is 0 Å². The van der Waals surface area contributed by atoms with E-state index >= 15 is 0 Å². The summed E-state index contributed by atoms with van der Waals surface area (Å²) in [4.78, 5) is 2.10. The van der Waals surface area contributed by atoms with Gasteiger partial charge in [0.25, 0.3) is 0 Å². The summed E-state index contributed by atoms with van der Waals surface area (Å²) in [5.41, 5.74) is 0. The zero-order chi connectivity index (χ0) is 7.68. The van der Waals surface area contributed by atoms with Gasteiger partial charge in [-0.3, -0.25) is 5.41 Å². The Balaban J connectivity index is 2.05. The van der Waals surface area contributed by atoms with Crippen LogP contribution in [0.3, 0.4) is 0 Å². The van der Waals surface area contributed by atoms with E-state index < -0.39 is 0 Å². The fourth-order valence-electron chi connectivity index (χ4n) is 2.04. The van der Waals surface area contributed by atoms with Crippen molar-refractivity contribution < 1.29 is 4.74 Å². The lowest BCUT2D eigenvalue weighted by molar-refractivity contribution is 0.0948. The lowest BCUT2D eigenvalue weighted by Crippen LogP contribution is -2.32. The largest absolute Gasteiger partial charge is 0.379 e. The second-order valence-electron chi connectivity index (χ2n) is 3.45. The summed E-state index contributed by atoms with van der Waals surface area (Å²) >= 11 is 0. The van der Waals surface area contributed by atoms with Gasteiger partial charge in [-0.05, 0) is 18.8 Å². The molecule has 1 N–H and O–H groups in total. The third kappa shape index (κ3) is 1.25. The Bertz CT molecular complexity index is 160. The van der Waals surface area contributed by atoms with Gasteiger partial charge in [-0.25, -0.2) is 0 Å². The van der Waals surface area contributed by atoms with Crippen molar-refractivity contribution in [1.29, 1.82) is 5.41 Å². The van der Waals surface area contributed by atoms with Crippen molar-refractivity contribution in [2.45, 2.75) is 18.9 Å². The first-order chi connectivity index (χ1) is 5.40. The van der Waals surface area contributed by atoms with Crippen LogP contribution in [0.15, 0.2) is 0 Å². The van der Waals surface area contributed by atoms with Crippen molar-refractivity contribution in [2.24, 2.45) is 5.92 Å². The maximum atomic E-state index is 7.17. The van der Waals surface area contributed by atoms with E-state index in [0.29, 0.717) is 6.04 Å². The van der Waals surface area contributed by atoms with Crippen LogP contribution < -0.4 is 0 Å². The molecule has 0 saturated carbocycles. The summed E-state index contributed by atoms with van der Waals surface area (Å²) in [6, 6.07) is 0.500. The average Bonchev–Trinajstić information content (AvgIpc) is 2.22. The van der Waals surface area contributed by atoms with E-state index in [1.54, 1.807) is 0 Å². The van der Waals surface area contributed by atoms with E-state index in [-0.39, 0.29) is 0 Å². The van der Waals surface area contributed by atoms with Crippen molar-refractivity contribution in [3.8, 4) is 0 Å². The van der Waals surface area contributed by atoms with Gasteiger partial charge in [0.15, 0.2) is 0 Å². The molecule has 2 rings (SSSR count). The predicted octanol–water partition coefficient (Wildman–Crippen LogP) is 0.704. The summed E-state index contributed by atoms with van der Waals surface area (Å²) in [6.07, 6.45) is 3.87. The number of fused-ring (bicyclic) bond motifs is 2. The van der Waals surface area contributed by atoms with Crippen LogP contribution in [-0.2, 0) is 4.74 Å². The van der Waals surface area contributed by atoms with Crippen molar-refractivity contribution in [2.75, 3.05) is 19.8 Å². The summed E-state index contributed by atoms with van der Waals surface area (Å²) in [7, 11) is 0. The van der Waals surface area contributed by atoms with E-state index in [2.05, 4.69) is 4.90 Å². The predicted molar refractivity (Wildman–Crippen MR) is 42.8 cm³/mol. The van der Waals surface area contributed by atoms with Gasteiger partial charge >= 0.3 is 0 Å². The molecule has 2 aliphatic heterocycles. The molecule has 2 bridgehead atoms. The van der Waals surface area contributed by atoms with E-state index in [1.807, 2.05) is 0 Å². The first-order valence-corrected chi connectivity index (χ1v) is 4.24. The number of ether oxygens (including phenoxy) is 1. The van der Waals surface area contributed by atoms with Crippen LogP contribution in [-0.4, -0.2) is 37.0 Å². The first kappa shape index (κ1) is 7.10. The maximum absolute atomic E-state index is 7.17. The number of hydrogen-bond donors (Lipinski definition) is 1. The Hall–Kier alpha value is -0.570. The smallest absolute Gasteiger partial charge is 0.0820 e. The minimum Gasteiger partial charge on any atom is -0.379 e. The second kappa shape index (κ2) is 2.81. The standard InChI is InChI=1S/C8H14N2O/c9-6-10-4-7-1-2-11-5-8(10)3-7/h6-9H,1-5H2/t7?,8-/m0/s1. The fraction of sp³-hybridized carbons (Fsp3) is 0.875. The highest BCUT2D eigenvalue weighted by Gasteiger charge is 2.32. The molecule has 2 heterocycles. The summed E-state index contributed by atoms with van der Waals surface area (Å²) in [6.45, 7) is 2.83. The molecule has 0 aromatic heterocycles. The Morgan fingerprint density at radius 1 is 1.55 bits per heavy atom. The summed E-state index contributed by atoms with van der Waals surface area (Å²) in [5, 5.41) is 7.17. The van der Waals surface area contributed by atoms with Gasteiger partial charge in [-0.1, -0.05) is 0 Å².